The smallest absolute Gasteiger partial charge is 0.331 e. The number of aryl methyl sites for hydroxylation is 1. The number of fused-ring (bicyclic) bond motifs is 3. The molecule has 0 amide bonds. The number of phenolic OH excluding ortho intramolecular Hbond substituents is 1. The number of aromatic hydroxyl groups is 1. The first-order valence-electron chi connectivity index (χ1n) is 9.97. The van der Waals surface area contributed by atoms with E-state index in [0.717, 1.165) is 10.1 Å². The molecule has 7 nitrogen and oxygen atoms in total. The molecule has 3 heterocycles. The molecule has 0 saturated carbocycles. The summed E-state index contributed by atoms with van der Waals surface area (Å²) in [6.07, 6.45) is -0.538. The summed E-state index contributed by atoms with van der Waals surface area (Å²) in [7, 11) is 3.10. The van der Waals surface area contributed by atoms with E-state index < -0.39 is 17.4 Å². The average Bonchev–Trinajstić information content (AvgIpc) is 3.12. The van der Waals surface area contributed by atoms with Crippen molar-refractivity contribution in [3.8, 4) is 17.0 Å². The van der Waals surface area contributed by atoms with Gasteiger partial charge in [0, 0.05) is 31.2 Å². The predicted octanol–water partition coefficient (Wildman–Crippen LogP) is 3.84. The maximum absolute atomic E-state index is 13.4. The van der Waals surface area contributed by atoms with Crippen molar-refractivity contribution in [2.45, 2.75) is 12.6 Å². The van der Waals surface area contributed by atoms with Gasteiger partial charge in [-0.2, -0.15) is 0 Å². The molecule has 32 heavy (non-hydrogen) atoms. The van der Waals surface area contributed by atoms with Gasteiger partial charge in [0.05, 0.1) is 33.9 Å². The van der Waals surface area contributed by atoms with Crippen molar-refractivity contribution >= 4 is 34.1 Å². The normalized spacial score (nSPS) is 15.8. The monoisotopic (exact) mass is 471 g/mol. The Morgan fingerprint density at radius 3 is 2.44 bits per heavy atom. The van der Waals surface area contributed by atoms with Gasteiger partial charge in [0.2, 0.25) is 0 Å². The minimum atomic E-state index is -0.538. The van der Waals surface area contributed by atoms with Gasteiger partial charge in [-0.05, 0) is 35.9 Å². The van der Waals surface area contributed by atoms with Crippen molar-refractivity contribution in [3.05, 3.63) is 84.6 Å². The van der Waals surface area contributed by atoms with Crippen LogP contribution < -0.4 is 11.2 Å². The van der Waals surface area contributed by atoms with Crippen LogP contribution in [-0.4, -0.2) is 25.4 Å². The summed E-state index contributed by atoms with van der Waals surface area (Å²) in [6, 6.07) is 11.8. The lowest BCUT2D eigenvalue weighted by molar-refractivity contribution is 0.0478. The Morgan fingerprint density at radius 2 is 1.75 bits per heavy atom. The van der Waals surface area contributed by atoms with E-state index >= 15 is 0 Å². The standard InChI is InChI=1S/C23H19Cl2N3O4/c1-26-19-17(22(30)27(2)23(26)31)18(15-8-5-13(24)11-16(15)25)28-9-10-32-21(20(19)28)12-3-6-14(29)7-4-12/h3-8,11,21,29H,9-10H2,1-2H3/t21-/m1/s1. The fourth-order valence-corrected chi connectivity index (χ4v) is 4.94. The van der Waals surface area contributed by atoms with Crippen molar-refractivity contribution in [2.75, 3.05) is 6.61 Å². The van der Waals surface area contributed by atoms with E-state index in [0.29, 0.717) is 51.1 Å². The zero-order valence-electron chi connectivity index (χ0n) is 17.3. The second-order valence-electron chi connectivity index (χ2n) is 7.78. The third kappa shape index (κ3) is 3.00. The average molecular weight is 472 g/mol. The second kappa shape index (κ2) is 7.55. The van der Waals surface area contributed by atoms with Gasteiger partial charge in [0.25, 0.3) is 5.56 Å². The van der Waals surface area contributed by atoms with E-state index in [-0.39, 0.29) is 5.75 Å². The first-order chi connectivity index (χ1) is 15.3. The molecule has 0 fully saturated rings. The molecule has 5 rings (SSSR count). The molecule has 0 spiro atoms. The lowest BCUT2D eigenvalue weighted by atomic mass is 10.0. The molecule has 9 heteroatoms. The van der Waals surface area contributed by atoms with Crippen LogP contribution in [0.4, 0.5) is 0 Å². The Bertz CT molecular complexity index is 1500. The van der Waals surface area contributed by atoms with Gasteiger partial charge in [0.15, 0.2) is 0 Å². The quantitative estimate of drug-likeness (QED) is 0.481. The Balaban J connectivity index is 1.95. The summed E-state index contributed by atoms with van der Waals surface area (Å²) in [6.45, 7) is 0.871. The van der Waals surface area contributed by atoms with Gasteiger partial charge in [-0.3, -0.25) is 13.9 Å². The molecular weight excluding hydrogens is 453 g/mol. The number of halogens is 2. The molecule has 2 aromatic heterocycles. The van der Waals surface area contributed by atoms with Gasteiger partial charge in [-0.1, -0.05) is 35.3 Å². The summed E-state index contributed by atoms with van der Waals surface area (Å²) < 4.78 is 10.7. The van der Waals surface area contributed by atoms with Crippen LogP contribution >= 0.6 is 23.2 Å². The fraction of sp³-hybridized carbons (Fsp3) is 0.217. The van der Waals surface area contributed by atoms with Crippen LogP contribution in [0.2, 0.25) is 10.0 Å². The summed E-state index contributed by atoms with van der Waals surface area (Å²) >= 11 is 12.7. The van der Waals surface area contributed by atoms with Gasteiger partial charge in [-0.25, -0.2) is 4.79 Å². The Labute approximate surface area is 192 Å². The van der Waals surface area contributed by atoms with Crippen molar-refractivity contribution in [3.63, 3.8) is 0 Å². The highest BCUT2D eigenvalue weighted by Gasteiger charge is 2.33. The third-order valence-corrected chi connectivity index (χ3v) is 6.48. The third-order valence-electron chi connectivity index (χ3n) is 5.93. The molecule has 4 aromatic rings. The number of nitrogens with zero attached hydrogens (tertiary/aromatic N) is 3. The minimum absolute atomic E-state index is 0.139. The predicted molar refractivity (Wildman–Crippen MR) is 124 cm³/mol. The molecule has 0 bridgehead atoms. The zero-order chi connectivity index (χ0) is 22.7. The molecule has 0 saturated heterocycles. The molecule has 1 aliphatic heterocycles. The molecular formula is C23H19Cl2N3O4. The highest BCUT2D eigenvalue weighted by molar-refractivity contribution is 6.36. The number of rotatable bonds is 2. The van der Waals surface area contributed by atoms with Crippen LogP contribution in [0.5, 0.6) is 5.75 Å². The van der Waals surface area contributed by atoms with Gasteiger partial charge >= 0.3 is 5.69 Å². The SMILES string of the molecule is Cn1c(=O)c2c(-c3ccc(Cl)cc3Cl)n3c(c2n(C)c1=O)[C@@H](c1ccc(O)cc1)OCC3. The molecule has 1 atom stereocenters. The van der Waals surface area contributed by atoms with Crippen LogP contribution in [0.15, 0.2) is 52.1 Å². The zero-order valence-corrected chi connectivity index (χ0v) is 18.8. The van der Waals surface area contributed by atoms with Crippen LogP contribution in [0.25, 0.3) is 22.2 Å². The number of hydrogen-bond donors (Lipinski definition) is 1. The molecule has 2 aromatic carbocycles. The Morgan fingerprint density at radius 1 is 1.03 bits per heavy atom. The number of phenols is 1. The molecule has 164 valence electrons. The summed E-state index contributed by atoms with van der Waals surface area (Å²) in [5.74, 6) is 0.139. The van der Waals surface area contributed by atoms with Crippen molar-refractivity contribution in [2.24, 2.45) is 14.1 Å². The van der Waals surface area contributed by atoms with E-state index in [4.69, 9.17) is 27.9 Å². The molecule has 0 radical (unpaired) electrons. The summed E-state index contributed by atoms with van der Waals surface area (Å²) in [4.78, 5) is 26.2. The Kier molecular flexibility index (Phi) is 4.93. The first kappa shape index (κ1) is 20.9. The van der Waals surface area contributed by atoms with Crippen LogP contribution in [0, 0.1) is 0 Å². The van der Waals surface area contributed by atoms with Crippen molar-refractivity contribution in [1.29, 1.82) is 0 Å². The maximum atomic E-state index is 13.4. The molecule has 0 unspecified atom stereocenters. The summed E-state index contributed by atoms with van der Waals surface area (Å²) in [5, 5.41) is 11.0. The van der Waals surface area contributed by atoms with Crippen LogP contribution in [0.3, 0.4) is 0 Å². The van der Waals surface area contributed by atoms with Gasteiger partial charge < -0.3 is 14.4 Å². The van der Waals surface area contributed by atoms with E-state index in [1.165, 1.54) is 11.6 Å². The maximum Gasteiger partial charge on any atom is 0.331 e. The number of hydrogen-bond acceptors (Lipinski definition) is 4. The second-order valence-corrected chi connectivity index (χ2v) is 8.63. The van der Waals surface area contributed by atoms with Crippen LogP contribution in [-0.2, 0) is 25.4 Å². The van der Waals surface area contributed by atoms with E-state index in [9.17, 15) is 14.7 Å². The van der Waals surface area contributed by atoms with E-state index in [1.807, 2.05) is 4.57 Å². The fourth-order valence-electron chi connectivity index (χ4n) is 4.44. The van der Waals surface area contributed by atoms with Crippen molar-refractivity contribution < 1.29 is 9.84 Å². The lowest BCUT2D eigenvalue weighted by Crippen LogP contribution is -2.37. The largest absolute Gasteiger partial charge is 0.508 e. The van der Waals surface area contributed by atoms with Gasteiger partial charge in [0.1, 0.15) is 11.9 Å². The van der Waals surface area contributed by atoms with Gasteiger partial charge in [-0.15, -0.1) is 0 Å². The summed E-state index contributed by atoms with van der Waals surface area (Å²) in [5.41, 5.74) is 2.42. The number of ether oxygens (including phenoxy) is 1. The van der Waals surface area contributed by atoms with Crippen LogP contribution in [0.1, 0.15) is 17.4 Å². The Hall–Kier alpha value is -3.00. The lowest BCUT2D eigenvalue weighted by Gasteiger charge is -2.28. The molecule has 1 N–H and O–H groups in total. The first-order valence-corrected chi connectivity index (χ1v) is 10.7. The van der Waals surface area contributed by atoms with Crippen molar-refractivity contribution in [1.82, 2.24) is 13.7 Å². The van der Waals surface area contributed by atoms with E-state index in [2.05, 4.69) is 0 Å². The molecule has 0 aliphatic carbocycles. The highest BCUT2D eigenvalue weighted by Crippen LogP contribution is 2.42. The minimum Gasteiger partial charge on any atom is -0.508 e. The highest BCUT2D eigenvalue weighted by atomic mass is 35.5. The van der Waals surface area contributed by atoms with E-state index in [1.54, 1.807) is 49.5 Å². The molecule has 1 aliphatic rings. The topological polar surface area (TPSA) is 78.4 Å². The number of benzene rings is 2. The number of aromatic nitrogens is 3.